The number of fused-ring (bicyclic) bond motifs is 1. The maximum absolute atomic E-state index is 6.01. The molecule has 0 saturated carbocycles. The SMILES string of the molecule is c1ccc(COC[C@H](Nc2ncnc3ccccc23)c2ccccc2)cc1. The van der Waals surface area contributed by atoms with Crippen LogP contribution in [-0.2, 0) is 11.3 Å². The molecule has 0 radical (unpaired) electrons. The van der Waals surface area contributed by atoms with E-state index in [4.69, 9.17) is 4.74 Å². The van der Waals surface area contributed by atoms with E-state index in [-0.39, 0.29) is 6.04 Å². The number of benzene rings is 3. The van der Waals surface area contributed by atoms with E-state index in [1.807, 2.05) is 60.7 Å². The lowest BCUT2D eigenvalue weighted by molar-refractivity contribution is 0.112. The zero-order valence-electron chi connectivity index (χ0n) is 15.0. The van der Waals surface area contributed by atoms with Gasteiger partial charge in [-0.15, -0.1) is 0 Å². The highest BCUT2D eigenvalue weighted by Gasteiger charge is 2.14. The van der Waals surface area contributed by atoms with Crippen molar-refractivity contribution in [3.8, 4) is 0 Å². The van der Waals surface area contributed by atoms with E-state index in [1.54, 1.807) is 6.33 Å². The first kappa shape index (κ1) is 17.2. The van der Waals surface area contributed by atoms with Crippen LogP contribution in [-0.4, -0.2) is 16.6 Å². The Morgan fingerprint density at radius 3 is 2.30 bits per heavy atom. The van der Waals surface area contributed by atoms with Crippen molar-refractivity contribution in [3.63, 3.8) is 0 Å². The van der Waals surface area contributed by atoms with Gasteiger partial charge in [-0.1, -0.05) is 72.8 Å². The van der Waals surface area contributed by atoms with Crippen molar-refractivity contribution in [2.24, 2.45) is 0 Å². The van der Waals surface area contributed by atoms with Crippen molar-refractivity contribution in [2.75, 3.05) is 11.9 Å². The molecule has 4 aromatic rings. The summed E-state index contributed by atoms with van der Waals surface area (Å²) >= 11 is 0. The summed E-state index contributed by atoms with van der Waals surface area (Å²) in [5.41, 5.74) is 3.25. The Morgan fingerprint density at radius 1 is 0.778 bits per heavy atom. The van der Waals surface area contributed by atoms with E-state index in [1.165, 1.54) is 0 Å². The molecule has 1 heterocycles. The molecule has 0 amide bonds. The number of para-hydroxylation sites is 1. The van der Waals surface area contributed by atoms with Crippen molar-refractivity contribution in [1.82, 2.24) is 9.97 Å². The summed E-state index contributed by atoms with van der Waals surface area (Å²) in [5, 5.41) is 4.55. The molecule has 4 heteroatoms. The van der Waals surface area contributed by atoms with E-state index in [2.05, 4.69) is 39.6 Å². The van der Waals surface area contributed by atoms with Gasteiger partial charge in [0.2, 0.25) is 0 Å². The average Bonchev–Trinajstić information content (AvgIpc) is 2.74. The van der Waals surface area contributed by atoms with E-state index in [9.17, 15) is 0 Å². The minimum Gasteiger partial charge on any atom is -0.374 e. The summed E-state index contributed by atoms with van der Waals surface area (Å²) in [6, 6.07) is 28.5. The summed E-state index contributed by atoms with van der Waals surface area (Å²) in [7, 11) is 0. The summed E-state index contributed by atoms with van der Waals surface area (Å²) in [6.07, 6.45) is 1.59. The maximum Gasteiger partial charge on any atom is 0.137 e. The average molecular weight is 355 g/mol. The van der Waals surface area contributed by atoms with E-state index < -0.39 is 0 Å². The maximum atomic E-state index is 6.01. The Kier molecular flexibility index (Phi) is 5.36. The van der Waals surface area contributed by atoms with Crippen LogP contribution in [0.25, 0.3) is 10.9 Å². The van der Waals surface area contributed by atoms with Gasteiger partial charge in [-0.05, 0) is 23.3 Å². The molecule has 0 unspecified atom stereocenters. The molecule has 0 spiro atoms. The predicted molar refractivity (Wildman–Crippen MR) is 108 cm³/mol. The molecule has 0 aliphatic rings. The Morgan fingerprint density at radius 2 is 1.48 bits per heavy atom. The Bertz CT molecular complexity index is 985. The molecule has 0 aliphatic heterocycles. The van der Waals surface area contributed by atoms with Crippen LogP contribution < -0.4 is 5.32 Å². The standard InChI is InChI=1S/C23H21N3O/c1-3-9-18(10-4-1)15-27-16-22(19-11-5-2-6-12-19)26-23-20-13-7-8-14-21(20)24-17-25-23/h1-14,17,22H,15-16H2,(H,24,25,26)/t22-/m0/s1. The minimum absolute atomic E-state index is 0.00628. The van der Waals surface area contributed by atoms with Crippen LogP contribution in [0.15, 0.2) is 91.3 Å². The van der Waals surface area contributed by atoms with Crippen LogP contribution in [0.2, 0.25) is 0 Å². The van der Waals surface area contributed by atoms with Crippen LogP contribution in [0, 0.1) is 0 Å². The fourth-order valence-electron chi connectivity index (χ4n) is 3.06. The van der Waals surface area contributed by atoms with Crippen molar-refractivity contribution < 1.29 is 4.74 Å². The Balaban J connectivity index is 1.54. The summed E-state index contributed by atoms with van der Waals surface area (Å²) < 4.78 is 6.01. The molecular weight excluding hydrogens is 334 g/mol. The fraction of sp³-hybridized carbons (Fsp3) is 0.130. The first-order valence-electron chi connectivity index (χ1n) is 9.03. The highest BCUT2D eigenvalue weighted by molar-refractivity contribution is 5.88. The van der Waals surface area contributed by atoms with Gasteiger partial charge >= 0.3 is 0 Å². The summed E-state index contributed by atoms with van der Waals surface area (Å²) in [5.74, 6) is 0.817. The smallest absolute Gasteiger partial charge is 0.137 e. The first-order valence-corrected chi connectivity index (χ1v) is 9.03. The molecule has 4 rings (SSSR count). The number of hydrogen-bond donors (Lipinski definition) is 1. The molecule has 1 aromatic heterocycles. The van der Waals surface area contributed by atoms with Gasteiger partial charge in [0, 0.05) is 5.39 Å². The lowest BCUT2D eigenvalue weighted by atomic mass is 10.1. The number of anilines is 1. The zero-order valence-corrected chi connectivity index (χ0v) is 15.0. The quantitative estimate of drug-likeness (QED) is 0.507. The highest BCUT2D eigenvalue weighted by Crippen LogP contribution is 2.24. The largest absolute Gasteiger partial charge is 0.374 e. The second kappa shape index (κ2) is 8.43. The number of nitrogens with zero attached hydrogens (tertiary/aromatic N) is 2. The molecular formula is C23H21N3O. The molecule has 0 bridgehead atoms. The van der Waals surface area contributed by atoms with Crippen molar-refractivity contribution in [3.05, 3.63) is 102 Å². The van der Waals surface area contributed by atoms with Crippen molar-refractivity contribution in [1.29, 1.82) is 0 Å². The lowest BCUT2D eigenvalue weighted by Crippen LogP contribution is -2.18. The normalized spacial score (nSPS) is 12.0. The Hall–Kier alpha value is -3.24. The molecule has 1 N–H and O–H groups in total. The molecule has 27 heavy (non-hydrogen) atoms. The van der Waals surface area contributed by atoms with Gasteiger partial charge in [-0.2, -0.15) is 0 Å². The zero-order chi connectivity index (χ0) is 18.3. The summed E-state index contributed by atoms with van der Waals surface area (Å²) in [6.45, 7) is 1.12. The molecule has 4 nitrogen and oxygen atoms in total. The van der Waals surface area contributed by atoms with Crippen LogP contribution in [0.3, 0.4) is 0 Å². The fourth-order valence-corrected chi connectivity index (χ4v) is 3.06. The second-order valence-electron chi connectivity index (χ2n) is 6.35. The van der Waals surface area contributed by atoms with Gasteiger partial charge in [0.05, 0.1) is 24.8 Å². The van der Waals surface area contributed by atoms with Gasteiger partial charge in [-0.3, -0.25) is 0 Å². The topological polar surface area (TPSA) is 47.0 Å². The van der Waals surface area contributed by atoms with Gasteiger partial charge in [-0.25, -0.2) is 9.97 Å². The van der Waals surface area contributed by atoms with Crippen LogP contribution in [0.5, 0.6) is 0 Å². The Labute approximate surface area is 158 Å². The second-order valence-corrected chi connectivity index (χ2v) is 6.35. The third-order valence-corrected chi connectivity index (χ3v) is 4.45. The lowest BCUT2D eigenvalue weighted by Gasteiger charge is -2.21. The van der Waals surface area contributed by atoms with Crippen LogP contribution in [0.1, 0.15) is 17.2 Å². The molecule has 1 atom stereocenters. The van der Waals surface area contributed by atoms with E-state index in [0.717, 1.165) is 27.8 Å². The van der Waals surface area contributed by atoms with Crippen molar-refractivity contribution >= 4 is 16.7 Å². The van der Waals surface area contributed by atoms with E-state index >= 15 is 0 Å². The monoisotopic (exact) mass is 355 g/mol. The molecule has 3 aromatic carbocycles. The first-order chi connectivity index (χ1) is 13.4. The van der Waals surface area contributed by atoms with E-state index in [0.29, 0.717) is 13.2 Å². The molecule has 0 aliphatic carbocycles. The number of aromatic nitrogens is 2. The third kappa shape index (κ3) is 4.30. The predicted octanol–water partition coefficient (Wildman–Crippen LogP) is 5.00. The third-order valence-electron chi connectivity index (χ3n) is 4.45. The number of hydrogen-bond acceptors (Lipinski definition) is 4. The van der Waals surface area contributed by atoms with Gasteiger partial charge in [0.1, 0.15) is 12.1 Å². The van der Waals surface area contributed by atoms with Gasteiger partial charge in [0.25, 0.3) is 0 Å². The number of nitrogens with one attached hydrogen (secondary N) is 1. The molecule has 0 saturated heterocycles. The summed E-state index contributed by atoms with van der Waals surface area (Å²) in [4.78, 5) is 8.80. The van der Waals surface area contributed by atoms with Gasteiger partial charge < -0.3 is 10.1 Å². The minimum atomic E-state index is -0.00628. The number of ether oxygens (including phenoxy) is 1. The van der Waals surface area contributed by atoms with Crippen molar-refractivity contribution in [2.45, 2.75) is 12.6 Å². The molecule has 0 fully saturated rings. The van der Waals surface area contributed by atoms with Gasteiger partial charge in [0.15, 0.2) is 0 Å². The highest BCUT2D eigenvalue weighted by atomic mass is 16.5. The molecule has 134 valence electrons. The van der Waals surface area contributed by atoms with Crippen LogP contribution >= 0.6 is 0 Å². The number of rotatable bonds is 7. The van der Waals surface area contributed by atoms with Crippen LogP contribution in [0.4, 0.5) is 5.82 Å².